The summed E-state index contributed by atoms with van der Waals surface area (Å²) in [6, 6.07) is 9.14. The fourth-order valence-corrected chi connectivity index (χ4v) is 4.35. The number of carbonyl (C=O) groups excluding carboxylic acids is 1. The van der Waals surface area contributed by atoms with Gasteiger partial charge in [0.15, 0.2) is 0 Å². The molecular formula is C20H30N4O. The van der Waals surface area contributed by atoms with Crippen molar-refractivity contribution in [3.63, 3.8) is 0 Å². The van der Waals surface area contributed by atoms with E-state index in [2.05, 4.69) is 41.0 Å². The van der Waals surface area contributed by atoms with Crippen molar-refractivity contribution in [3.8, 4) is 0 Å². The number of carbonyl (C=O) groups is 1. The van der Waals surface area contributed by atoms with E-state index in [9.17, 15) is 4.79 Å². The van der Waals surface area contributed by atoms with Crippen molar-refractivity contribution in [1.29, 1.82) is 0 Å². The van der Waals surface area contributed by atoms with Crippen molar-refractivity contribution in [2.45, 2.75) is 44.2 Å². The number of rotatable bonds is 3. The van der Waals surface area contributed by atoms with Gasteiger partial charge in [-0.2, -0.15) is 0 Å². The van der Waals surface area contributed by atoms with Gasteiger partial charge in [-0.1, -0.05) is 18.2 Å². The number of piperidine rings is 1. The number of amides is 1. The van der Waals surface area contributed by atoms with Gasteiger partial charge in [0.05, 0.1) is 5.54 Å². The van der Waals surface area contributed by atoms with E-state index in [1.165, 1.54) is 17.7 Å². The minimum absolute atomic E-state index is 0.191. The number of anilines is 1. The highest BCUT2D eigenvalue weighted by molar-refractivity contribution is 5.89. The van der Waals surface area contributed by atoms with Crippen LogP contribution < -0.4 is 10.6 Å². The summed E-state index contributed by atoms with van der Waals surface area (Å²) in [5.74, 6) is 0.191. The van der Waals surface area contributed by atoms with Crippen LogP contribution in [0.1, 0.15) is 31.2 Å². The zero-order valence-corrected chi connectivity index (χ0v) is 15.3. The summed E-state index contributed by atoms with van der Waals surface area (Å²) in [5, 5.41) is 0. The van der Waals surface area contributed by atoms with Crippen molar-refractivity contribution in [1.82, 2.24) is 9.80 Å². The maximum atomic E-state index is 12.6. The molecule has 0 radical (unpaired) electrons. The fourth-order valence-electron chi connectivity index (χ4n) is 4.35. The van der Waals surface area contributed by atoms with Crippen LogP contribution in [0, 0.1) is 6.92 Å². The second kappa shape index (κ2) is 6.61. The first-order valence-electron chi connectivity index (χ1n) is 9.70. The van der Waals surface area contributed by atoms with Gasteiger partial charge in [-0.15, -0.1) is 0 Å². The number of nitrogens with zero attached hydrogens (tertiary/aromatic N) is 3. The van der Waals surface area contributed by atoms with Crippen LogP contribution in [0.2, 0.25) is 0 Å². The number of nitrogens with two attached hydrogens (primary N) is 1. The maximum Gasteiger partial charge on any atom is 0.242 e. The van der Waals surface area contributed by atoms with Crippen LogP contribution in [-0.4, -0.2) is 66.6 Å². The molecule has 4 rings (SSSR count). The van der Waals surface area contributed by atoms with Crippen LogP contribution in [0.3, 0.4) is 0 Å². The summed E-state index contributed by atoms with van der Waals surface area (Å²) >= 11 is 0. The third kappa shape index (κ3) is 3.40. The number of hydrogen-bond donors (Lipinski definition) is 1. The first-order valence-corrected chi connectivity index (χ1v) is 9.70. The number of benzene rings is 1. The van der Waals surface area contributed by atoms with Crippen molar-refractivity contribution >= 4 is 11.6 Å². The highest BCUT2D eigenvalue weighted by atomic mass is 16.2. The molecule has 1 aromatic rings. The molecule has 1 amide bonds. The zero-order chi connectivity index (χ0) is 17.4. The highest BCUT2D eigenvalue weighted by Gasteiger charge is 2.49. The van der Waals surface area contributed by atoms with Crippen molar-refractivity contribution in [2.24, 2.45) is 5.73 Å². The SMILES string of the molecule is Cc1ccccc1N1CCN([C@@H]2CCCN(C(=O)C3(N)CC3)C2)CC1. The maximum absolute atomic E-state index is 12.6. The van der Waals surface area contributed by atoms with Crippen LogP contribution >= 0.6 is 0 Å². The summed E-state index contributed by atoms with van der Waals surface area (Å²) < 4.78 is 0. The van der Waals surface area contributed by atoms with Gasteiger partial charge in [-0.25, -0.2) is 0 Å². The molecule has 1 saturated carbocycles. The van der Waals surface area contributed by atoms with Gasteiger partial charge in [0, 0.05) is 51.0 Å². The summed E-state index contributed by atoms with van der Waals surface area (Å²) in [4.78, 5) is 19.7. The van der Waals surface area contributed by atoms with Crippen LogP contribution in [-0.2, 0) is 4.79 Å². The molecule has 136 valence electrons. The molecule has 1 aliphatic carbocycles. The minimum atomic E-state index is -0.522. The molecule has 2 heterocycles. The number of hydrogen-bond acceptors (Lipinski definition) is 4. The molecule has 0 unspecified atom stereocenters. The lowest BCUT2D eigenvalue weighted by atomic mass is 10.0. The first kappa shape index (κ1) is 16.9. The van der Waals surface area contributed by atoms with Gasteiger partial charge >= 0.3 is 0 Å². The van der Waals surface area contributed by atoms with E-state index in [4.69, 9.17) is 5.73 Å². The number of aryl methyl sites for hydroxylation is 1. The van der Waals surface area contributed by atoms with Crippen LogP contribution in [0.25, 0.3) is 0 Å². The Kier molecular flexibility index (Phi) is 4.46. The Morgan fingerprint density at radius 2 is 1.84 bits per heavy atom. The first-order chi connectivity index (χ1) is 12.1. The second-order valence-electron chi connectivity index (χ2n) is 8.01. The molecule has 2 aliphatic heterocycles. The van der Waals surface area contributed by atoms with E-state index in [1.54, 1.807) is 0 Å². The molecule has 2 saturated heterocycles. The average molecular weight is 342 g/mol. The quantitative estimate of drug-likeness (QED) is 0.907. The van der Waals surface area contributed by atoms with E-state index >= 15 is 0 Å². The number of para-hydroxylation sites is 1. The van der Waals surface area contributed by atoms with Crippen LogP contribution in [0.5, 0.6) is 0 Å². The summed E-state index contributed by atoms with van der Waals surface area (Å²) in [6.07, 6.45) is 4.03. The molecule has 0 aromatic heterocycles. The Hall–Kier alpha value is -1.59. The fraction of sp³-hybridized carbons (Fsp3) is 0.650. The molecule has 5 heteroatoms. The zero-order valence-electron chi connectivity index (χ0n) is 15.3. The van der Waals surface area contributed by atoms with Gasteiger partial charge < -0.3 is 15.5 Å². The van der Waals surface area contributed by atoms with E-state index in [1.807, 2.05) is 4.90 Å². The topological polar surface area (TPSA) is 52.8 Å². The molecule has 5 nitrogen and oxygen atoms in total. The van der Waals surface area contributed by atoms with Gasteiger partial charge in [-0.05, 0) is 44.2 Å². The summed E-state index contributed by atoms with van der Waals surface area (Å²) in [5.41, 5.74) is 8.32. The Balaban J connectivity index is 1.34. The summed E-state index contributed by atoms with van der Waals surface area (Å²) in [6.45, 7) is 8.22. The second-order valence-corrected chi connectivity index (χ2v) is 8.01. The van der Waals surface area contributed by atoms with Gasteiger partial charge in [0.25, 0.3) is 0 Å². The highest BCUT2D eigenvalue weighted by Crippen LogP contribution is 2.35. The molecule has 0 spiro atoms. The molecule has 1 aromatic carbocycles. The Bertz CT molecular complexity index is 634. The molecule has 1 atom stereocenters. The lowest BCUT2D eigenvalue weighted by Gasteiger charge is -2.44. The average Bonchev–Trinajstić information content (AvgIpc) is 3.40. The lowest BCUT2D eigenvalue weighted by Crippen LogP contribution is -2.58. The molecular weight excluding hydrogens is 312 g/mol. The molecule has 3 aliphatic rings. The third-order valence-corrected chi connectivity index (χ3v) is 6.19. The Labute approximate surface area is 150 Å². The molecule has 3 fully saturated rings. The van der Waals surface area contributed by atoms with Crippen LogP contribution in [0.4, 0.5) is 5.69 Å². The van der Waals surface area contributed by atoms with E-state index < -0.39 is 5.54 Å². The predicted molar refractivity (Wildman–Crippen MR) is 101 cm³/mol. The third-order valence-electron chi connectivity index (χ3n) is 6.19. The largest absolute Gasteiger partial charge is 0.369 e. The molecule has 0 bridgehead atoms. The van der Waals surface area contributed by atoms with E-state index in [0.29, 0.717) is 6.04 Å². The number of piperazine rings is 1. The summed E-state index contributed by atoms with van der Waals surface area (Å²) in [7, 11) is 0. The van der Waals surface area contributed by atoms with E-state index in [0.717, 1.165) is 58.5 Å². The van der Waals surface area contributed by atoms with Crippen molar-refractivity contribution < 1.29 is 4.79 Å². The van der Waals surface area contributed by atoms with Crippen LogP contribution in [0.15, 0.2) is 24.3 Å². The normalized spacial score (nSPS) is 26.6. The Morgan fingerprint density at radius 1 is 1.12 bits per heavy atom. The monoisotopic (exact) mass is 342 g/mol. The van der Waals surface area contributed by atoms with Crippen molar-refractivity contribution in [2.75, 3.05) is 44.2 Å². The van der Waals surface area contributed by atoms with Gasteiger partial charge in [0.1, 0.15) is 0 Å². The van der Waals surface area contributed by atoms with E-state index in [-0.39, 0.29) is 5.91 Å². The number of likely N-dealkylation sites (tertiary alicyclic amines) is 1. The minimum Gasteiger partial charge on any atom is -0.369 e. The standard InChI is InChI=1S/C20H30N4O/c1-16-5-2-3-7-18(16)23-13-11-22(12-14-23)17-6-4-10-24(15-17)19(25)20(21)8-9-20/h2-3,5,7,17H,4,6,8-15,21H2,1H3/t17-/m1/s1. The van der Waals surface area contributed by atoms with Gasteiger partial charge in [0.2, 0.25) is 5.91 Å². The van der Waals surface area contributed by atoms with Gasteiger partial charge in [-0.3, -0.25) is 9.69 Å². The molecule has 2 N–H and O–H groups in total. The predicted octanol–water partition coefficient (Wildman–Crippen LogP) is 1.60. The smallest absolute Gasteiger partial charge is 0.242 e. The lowest BCUT2D eigenvalue weighted by molar-refractivity contribution is -0.135. The van der Waals surface area contributed by atoms with Crippen molar-refractivity contribution in [3.05, 3.63) is 29.8 Å². The Morgan fingerprint density at radius 3 is 2.52 bits per heavy atom. The molecule has 25 heavy (non-hydrogen) atoms.